The second kappa shape index (κ2) is 23.4. The molecule has 3 aliphatic rings. The molecule has 0 spiro atoms. The van der Waals surface area contributed by atoms with E-state index >= 15 is 0 Å². The van der Waals surface area contributed by atoms with E-state index < -0.39 is 17.8 Å². The first-order valence-electron chi connectivity index (χ1n) is 21.4. The lowest BCUT2D eigenvalue weighted by Gasteiger charge is -2.35. The first-order valence-corrected chi connectivity index (χ1v) is 22.7. The number of hydrogen-bond donors (Lipinski definition) is 4. The van der Waals surface area contributed by atoms with Gasteiger partial charge in [0.1, 0.15) is 11.9 Å². The molecular formula is C46H51ClFN7O8S. The van der Waals surface area contributed by atoms with E-state index in [4.69, 9.17) is 35.5 Å². The fourth-order valence-corrected chi connectivity index (χ4v) is 8.74. The summed E-state index contributed by atoms with van der Waals surface area (Å²) < 4.78 is 37.8. The van der Waals surface area contributed by atoms with E-state index in [0.29, 0.717) is 103 Å². The van der Waals surface area contributed by atoms with Crippen molar-refractivity contribution in [1.29, 1.82) is 0 Å². The quantitative estimate of drug-likeness (QED) is 0.0497. The standard InChI is InChI=1S/C46H51ClFN7O8S/c47-37-9-3-10-39(42(37)48)63-33-12-13-34(31(28-33)27-32-7-2-11-40(52-32)53-46-51-19-26-64-46)43(57)50-18-21-61-23-25-62-24-22-60-20-17-49-16-4-6-30-5-1-8-35-36(30)29-55(45(35)59)38-14-15-41(56)54-44(38)58/h1-3,5,7-11,19,26,31,33-34,38,49H,12-18,20-25,27-29H2,(H,50,57)(H,51,52,53)(H,54,56,58)/t31?,33-,34-,38?/m0/s1. The summed E-state index contributed by atoms with van der Waals surface area (Å²) in [5.74, 6) is 4.95. The Labute approximate surface area is 380 Å². The summed E-state index contributed by atoms with van der Waals surface area (Å²) in [5.41, 5.74) is 2.89. The molecule has 338 valence electrons. The van der Waals surface area contributed by atoms with Gasteiger partial charge in [0.05, 0.1) is 57.3 Å². The van der Waals surface area contributed by atoms with Crippen LogP contribution in [-0.2, 0) is 41.6 Å². The minimum absolute atomic E-state index is 0.00171. The molecule has 18 heteroatoms. The summed E-state index contributed by atoms with van der Waals surface area (Å²) in [6, 6.07) is 15.1. The van der Waals surface area contributed by atoms with Crippen LogP contribution in [0.25, 0.3) is 0 Å². The zero-order valence-electron chi connectivity index (χ0n) is 35.2. The van der Waals surface area contributed by atoms with Crippen LogP contribution in [0.2, 0.25) is 5.02 Å². The van der Waals surface area contributed by atoms with E-state index in [2.05, 4.69) is 38.1 Å². The van der Waals surface area contributed by atoms with Crippen LogP contribution in [0, 0.1) is 29.5 Å². The molecule has 4 aromatic rings. The van der Waals surface area contributed by atoms with Gasteiger partial charge in [-0.3, -0.25) is 24.5 Å². The Morgan fingerprint density at radius 3 is 2.53 bits per heavy atom. The van der Waals surface area contributed by atoms with Crippen molar-refractivity contribution in [3.8, 4) is 17.6 Å². The zero-order valence-corrected chi connectivity index (χ0v) is 36.8. The molecule has 2 aliphatic heterocycles. The van der Waals surface area contributed by atoms with Crippen molar-refractivity contribution < 1.29 is 42.5 Å². The molecule has 2 fully saturated rings. The SMILES string of the molecule is O=C1CCC(N2Cc3c(C#CCNCCOCCOCCOCCNC(=O)[C@H]4CC[C@H](Oc5cccc(Cl)c5F)CC4Cc4cccc(Nc5nccs5)n4)cccc3C2=O)C(=O)N1. The van der Waals surface area contributed by atoms with Gasteiger partial charge in [-0.25, -0.2) is 14.4 Å². The van der Waals surface area contributed by atoms with Crippen molar-refractivity contribution in [1.82, 2.24) is 30.8 Å². The van der Waals surface area contributed by atoms with Gasteiger partial charge in [0.2, 0.25) is 17.7 Å². The number of fused-ring (bicyclic) bond motifs is 1. The van der Waals surface area contributed by atoms with Gasteiger partial charge in [-0.05, 0) is 80.0 Å². The van der Waals surface area contributed by atoms with Crippen molar-refractivity contribution in [2.24, 2.45) is 11.8 Å². The number of carbonyl (C=O) groups is 4. The molecule has 0 bridgehead atoms. The number of rotatable bonds is 21. The smallest absolute Gasteiger partial charge is 0.255 e. The fraction of sp³-hybridized carbons (Fsp3) is 0.435. The van der Waals surface area contributed by atoms with E-state index in [1.807, 2.05) is 29.6 Å². The number of halogens is 2. The lowest BCUT2D eigenvalue weighted by molar-refractivity contribution is -0.137. The fourth-order valence-electron chi connectivity index (χ4n) is 8.04. The number of ether oxygens (including phenoxy) is 4. The molecule has 2 aromatic carbocycles. The van der Waals surface area contributed by atoms with Crippen LogP contribution in [0.1, 0.15) is 59.3 Å². The maximum absolute atomic E-state index is 14.7. The molecule has 1 saturated carbocycles. The largest absolute Gasteiger partial charge is 0.487 e. The number of benzene rings is 2. The average molecular weight is 916 g/mol. The molecule has 4 heterocycles. The van der Waals surface area contributed by atoms with Crippen molar-refractivity contribution in [2.75, 3.05) is 64.6 Å². The number of hydrogen-bond acceptors (Lipinski definition) is 13. The Morgan fingerprint density at radius 2 is 1.73 bits per heavy atom. The first kappa shape index (κ1) is 46.5. The van der Waals surface area contributed by atoms with E-state index in [1.54, 1.807) is 30.5 Å². The van der Waals surface area contributed by atoms with E-state index in [9.17, 15) is 23.6 Å². The predicted molar refractivity (Wildman–Crippen MR) is 238 cm³/mol. The van der Waals surface area contributed by atoms with Gasteiger partial charge in [-0.15, -0.1) is 11.3 Å². The third-order valence-corrected chi connectivity index (χ3v) is 12.1. The number of pyridine rings is 1. The Morgan fingerprint density at radius 1 is 0.953 bits per heavy atom. The number of anilines is 2. The van der Waals surface area contributed by atoms with Gasteiger partial charge in [-0.2, -0.15) is 0 Å². The second-order valence-corrected chi connectivity index (χ2v) is 16.8. The third-order valence-electron chi connectivity index (χ3n) is 11.2. The van der Waals surface area contributed by atoms with Crippen molar-refractivity contribution in [3.63, 3.8) is 0 Å². The number of imide groups is 1. The van der Waals surface area contributed by atoms with E-state index in [1.165, 1.54) is 22.3 Å². The van der Waals surface area contributed by atoms with Gasteiger partial charge < -0.3 is 39.8 Å². The van der Waals surface area contributed by atoms with Gasteiger partial charge in [0.15, 0.2) is 16.7 Å². The zero-order chi connectivity index (χ0) is 44.7. The molecule has 4 N–H and O–H groups in total. The minimum Gasteiger partial charge on any atom is -0.487 e. The Hall–Kier alpha value is -5.48. The molecule has 7 rings (SSSR count). The lowest BCUT2D eigenvalue weighted by atomic mass is 9.75. The Balaban J connectivity index is 0.754. The van der Waals surface area contributed by atoms with Crippen LogP contribution in [-0.4, -0.2) is 110 Å². The van der Waals surface area contributed by atoms with Crippen LogP contribution in [0.4, 0.5) is 15.3 Å². The van der Waals surface area contributed by atoms with Crippen molar-refractivity contribution in [2.45, 2.75) is 57.2 Å². The van der Waals surface area contributed by atoms with Crippen LogP contribution in [0.3, 0.4) is 0 Å². The summed E-state index contributed by atoms with van der Waals surface area (Å²) in [6.07, 6.45) is 4.16. The molecule has 1 saturated heterocycles. The van der Waals surface area contributed by atoms with Gasteiger partial charge in [-0.1, -0.05) is 41.6 Å². The summed E-state index contributed by atoms with van der Waals surface area (Å²) in [6.45, 7) is 4.02. The van der Waals surface area contributed by atoms with Crippen molar-refractivity contribution >= 4 is 57.5 Å². The summed E-state index contributed by atoms with van der Waals surface area (Å²) in [4.78, 5) is 61.1. The number of nitrogens with zero attached hydrogens (tertiary/aromatic N) is 3. The lowest BCUT2D eigenvalue weighted by Crippen LogP contribution is -2.52. The number of nitrogens with one attached hydrogen (secondary N) is 4. The molecule has 2 aromatic heterocycles. The van der Waals surface area contributed by atoms with Crippen molar-refractivity contribution in [3.05, 3.63) is 99.4 Å². The van der Waals surface area contributed by atoms with Gasteiger partial charge in [0.25, 0.3) is 5.91 Å². The number of carbonyl (C=O) groups excluding carboxylic acids is 4. The highest BCUT2D eigenvalue weighted by molar-refractivity contribution is 7.13. The van der Waals surface area contributed by atoms with E-state index in [0.717, 1.165) is 22.0 Å². The van der Waals surface area contributed by atoms with Crippen LogP contribution < -0.4 is 26.0 Å². The van der Waals surface area contributed by atoms with Gasteiger partial charge in [0, 0.05) is 60.4 Å². The predicted octanol–water partition coefficient (Wildman–Crippen LogP) is 5.05. The summed E-state index contributed by atoms with van der Waals surface area (Å²) >= 11 is 7.48. The molecule has 4 atom stereocenters. The van der Waals surface area contributed by atoms with Crippen LogP contribution >= 0.6 is 22.9 Å². The third kappa shape index (κ3) is 12.8. The highest BCUT2D eigenvalue weighted by atomic mass is 35.5. The molecule has 4 amide bonds. The maximum Gasteiger partial charge on any atom is 0.255 e. The second-order valence-electron chi connectivity index (χ2n) is 15.5. The highest BCUT2D eigenvalue weighted by Crippen LogP contribution is 2.37. The Bertz CT molecular complexity index is 2310. The topological polar surface area (TPSA) is 182 Å². The van der Waals surface area contributed by atoms with Crippen LogP contribution in [0.5, 0.6) is 5.75 Å². The Kier molecular flexibility index (Phi) is 17.0. The average Bonchev–Trinajstić information content (AvgIpc) is 3.93. The molecular weight excluding hydrogens is 865 g/mol. The highest BCUT2D eigenvalue weighted by Gasteiger charge is 2.40. The minimum atomic E-state index is -0.667. The normalized spacial score (nSPS) is 19.4. The summed E-state index contributed by atoms with van der Waals surface area (Å²) in [7, 11) is 0. The number of piperidine rings is 1. The number of thiazole rings is 1. The molecule has 15 nitrogen and oxygen atoms in total. The monoisotopic (exact) mass is 915 g/mol. The molecule has 2 unspecified atom stereocenters. The first-order chi connectivity index (χ1) is 31.2. The number of amides is 4. The maximum atomic E-state index is 14.7. The van der Waals surface area contributed by atoms with E-state index in [-0.39, 0.29) is 59.4 Å². The van der Waals surface area contributed by atoms with Gasteiger partial charge >= 0.3 is 0 Å². The number of aromatic nitrogens is 2. The van der Waals surface area contributed by atoms with Crippen LogP contribution in [0.15, 0.2) is 66.2 Å². The molecule has 1 aliphatic carbocycles. The molecule has 0 radical (unpaired) electrons. The summed E-state index contributed by atoms with van der Waals surface area (Å²) in [5, 5.41) is 14.4. The molecule has 64 heavy (non-hydrogen) atoms.